The molecule has 0 atom stereocenters. The number of aliphatic carboxylic acids is 1. The van der Waals surface area contributed by atoms with Gasteiger partial charge in [0.05, 0.1) is 17.4 Å². The highest BCUT2D eigenvalue weighted by Gasteiger charge is 2.25. The van der Waals surface area contributed by atoms with Crippen molar-refractivity contribution in [2.45, 2.75) is 11.3 Å². The third kappa shape index (κ3) is 3.91. The lowest BCUT2D eigenvalue weighted by Gasteiger charge is -2.18. The fourth-order valence-electron chi connectivity index (χ4n) is 1.56. The second kappa shape index (κ2) is 6.84. The van der Waals surface area contributed by atoms with Crippen molar-refractivity contribution in [2.24, 2.45) is 0 Å². The smallest absolute Gasteiger partial charge is 0.318 e. The summed E-state index contributed by atoms with van der Waals surface area (Å²) in [6, 6.07) is 7.74. The monoisotopic (exact) mass is 294 g/mol. The van der Waals surface area contributed by atoms with Gasteiger partial charge in [-0.05, 0) is 17.7 Å². The zero-order chi connectivity index (χ0) is 15.2. The van der Waals surface area contributed by atoms with Crippen molar-refractivity contribution in [3.63, 3.8) is 0 Å². The molecule has 1 aromatic carbocycles. The van der Waals surface area contributed by atoms with Gasteiger partial charge in [0.2, 0.25) is 10.0 Å². The molecule has 6 nitrogen and oxygen atoms in total. The molecule has 7 heteroatoms. The summed E-state index contributed by atoms with van der Waals surface area (Å²) in [4.78, 5) is 10.7. The third-order valence-corrected chi connectivity index (χ3v) is 4.31. The molecular weight excluding hydrogens is 280 g/mol. The predicted octanol–water partition coefficient (Wildman–Crippen LogP) is 1.01. The summed E-state index contributed by atoms with van der Waals surface area (Å²) in [5.74, 6) is -1.24. The maximum atomic E-state index is 12.3. The molecule has 0 saturated heterocycles. The first-order chi connectivity index (χ1) is 9.41. The van der Waals surface area contributed by atoms with Crippen molar-refractivity contribution in [3.8, 4) is 6.07 Å². The largest absolute Gasteiger partial charge is 0.480 e. The predicted molar refractivity (Wildman–Crippen MR) is 72.4 cm³/mol. The zero-order valence-corrected chi connectivity index (χ0v) is 11.5. The minimum Gasteiger partial charge on any atom is -0.480 e. The standard InChI is InChI=1S/C13H14N2O4S/c1-2-9-15(10-13(16)17)20(18,19)12-5-3-11(4-6-12)7-8-14/h2-6H,1,7,9-10H2,(H,16,17). The molecule has 0 bridgehead atoms. The number of hydrogen-bond acceptors (Lipinski definition) is 4. The fourth-order valence-corrected chi connectivity index (χ4v) is 2.92. The second-order valence-corrected chi connectivity index (χ2v) is 5.90. The Kier molecular flexibility index (Phi) is 5.43. The Labute approximate surface area is 117 Å². The Hall–Kier alpha value is -2.17. The van der Waals surface area contributed by atoms with Gasteiger partial charge in [-0.15, -0.1) is 6.58 Å². The average molecular weight is 294 g/mol. The first kappa shape index (κ1) is 15.9. The molecule has 106 valence electrons. The Morgan fingerprint density at radius 3 is 2.45 bits per heavy atom. The van der Waals surface area contributed by atoms with Gasteiger partial charge in [0.1, 0.15) is 6.54 Å². The number of rotatable bonds is 7. The zero-order valence-electron chi connectivity index (χ0n) is 10.7. The number of carbonyl (C=O) groups is 1. The van der Waals surface area contributed by atoms with E-state index in [1.165, 1.54) is 30.3 Å². The number of carboxylic acids is 1. The number of benzene rings is 1. The average Bonchev–Trinajstić information content (AvgIpc) is 2.39. The number of carboxylic acid groups (broad SMARTS) is 1. The molecule has 0 spiro atoms. The van der Waals surface area contributed by atoms with E-state index in [0.29, 0.717) is 5.56 Å². The number of nitrogens with zero attached hydrogens (tertiary/aromatic N) is 2. The van der Waals surface area contributed by atoms with Gasteiger partial charge < -0.3 is 5.11 Å². The molecule has 0 radical (unpaired) electrons. The van der Waals surface area contributed by atoms with Crippen LogP contribution in [0.2, 0.25) is 0 Å². The maximum absolute atomic E-state index is 12.3. The van der Waals surface area contributed by atoms with Gasteiger partial charge in [0.15, 0.2) is 0 Å². The van der Waals surface area contributed by atoms with Crippen LogP contribution < -0.4 is 0 Å². The highest BCUT2D eigenvalue weighted by molar-refractivity contribution is 7.89. The van der Waals surface area contributed by atoms with E-state index in [2.05, 4.69) is 6.58 Å². The van der Waals surface area contributed by atoms with Crippen molar-refractivity contribution in [1.82, 2.24) is 4.31 Å². The first-order valence-electron chi connectivity index (χ1n) is 5.70. The van der Waals surface area contributed by atoms with Gasteiger partial charge in [-0.25, -0.2) is 8.42 Å². The highest BCUT2D eigenvalue weighted by Crippen LogP contribution is 2.16. The summed E-state index contributed by atoms with van der Waals surface area (Å²) in [6.45, 7) is 2.70. The van der Waals surface area contributed by atoms with Crippen molar-refractivity contribution in [1.29, 1.82) is 5.26 Å². The van der Waals surface area contributed by atoms with Crippen molar-refractivity contribution in [3.05, 3.63) is 42.5 Å². The summed E-state index contributed by atoms with van der Waals surface area (Å²) in [6.07, 6.45) is 1.51. The van der Waals surface area contributed by atoms with Crippen LogP contribution in [0.1, 0.15) is 5.56 Å². The number of nitriles is 1. The van der Waals surface area contributed by atoms with E-state index in [-0.39, 0.29) is 17.9 Å². The third-order valence-electron chi connectivity index (χ3n) is 2.49. The van der Waals surface area contributed by atoms with Gasteiger partial charge in [-0.1, -0.05) is 18.2 Å². The molecule has 1 N–H and O–H groups in total. The molecule has 0 saturated carbocycles. The maximum Gasteiger partial charge on any atom is 0.318 e. The fraction of sp³-hybridized carbons (Fsp3) is 0.231. The quantitative estimate of drug-likeness (QED) is 0.757. The van der Waals surface area contributed by atoms with E-state index in [1.807, 2.05) is 6.07 Å². The van der Waals surface area contributed by atoms with Crippen LogP contribution in [-0.2, 0) is 21.2 Å². The minimum atomic E-state index is -3.89. The van der Waals surface area contributed by atoms with E-state index < -0.39 is 22.5 Å². The van der Waals surface area contributed by atoms with Crippen LogP contribution in [0.4, 0.5) is 0 Å². The Morgan fingerprint density at radius 2 is 2.00 bits per heavy atom. The summed E-state index contributed by atoms with van der Waals surface area (Å²) in [5, 5.41) is 17.3. The van der Waals surface area contributed by atoms with E-state index in [1.54, 1.807) is 0 Å². The highest BCUT2D eigenvalue weighted by atomic mass is 32.2. The number of hydrogen-bond donors (Lipinski definition) is 1. The molecule has 0 unspecified atom stereocenters. The molecule has 0 aliphatic rings. The molecule has 0 aromatic heterocycles. The van der Waals surface area contributed by atoms with Crippen LogP contribution in [0.25, 0.3) is 0 Å². The van der Waals surface area contributed by atoms with Crippen LogP contribution in [-0.4, -0.2) is 36.9 Å². The van der Waals surface area contributed by atoms with Gasteiger partial charge in [-0.3, -0.25) is 4.79 Å². The number of sulfonamides is 1. The first-order valence-corrected chi connectivity index (χ1v) is 7.14. The van der Waals surface area contributed by atoms with Crippen LogP contribution in [0.15, 0.2) is 41.8 Å². The van der Waals surface area contributed by atoms with E-state index in [9.17, 15) is 13.2 Å². The molecule has 0 amide bonds. The van der Waals surface area contributed by atoms with E-state index >= 15 is 0 Å². The van der Waals surface area contributed by atoms with Crippen LogP contribution in [0.3, 0.4) is 0 Å². The molecule has 0 heterocycles. The molecule has 0 fully saturated rings. The van der Waals surface area contributed by atoms with Crippen LogP contribution in [0, 0.1) is 11.3 Å². The Bertz CT molecular complexity index is 629. The van der Waals surface area contributed by atoms with Crippen molar-refractivity contribution >= 4 is 16.0 Å². The van der Waals surface area contributed by atoms with Gasteiger partial charge in [0.25, 0.3) is 0 Å². The molecule has 1 aromatic rings. The minimum absolute atomic E-state index is 0.0118. The van der Waals surface area contributed by atoms with Gasteiger partial charge in [-0.2, -0.15) is 9.57 Å². The lowest BCUT2D eigenvalue weighted by molar-refractivity contribution is -0.137. The van der Waals surface area contributed by atoms with Gasteiger partial charge in [0, 0.05) is 6.54 Å². The SMILES string of the molecule is C=CCN(CC(=O)O)S(=O)(=O)c1ccc(CC#N)cc1. The summed E-state index contributed by atoms with van der Waals surface area (Å²) in [5.41, 5.74) is 0.694. The topological polar surface area (TPSA) is 98.5 Å². The molecule has 20 heavy (non-hydrogen) atoms. The van der Waals surface area contributed by atoms with Crippen LogP contribution >= 0.6 is 0 Å². The normalized spacial score (nSPS) is 11.0. The molecular formula is C13H14N2O4S. The lowest BCUT2D eigenvalue weighted by Crippen LogP contribution is -2.35. The molecule has 0 aliphatic heterocycles. The van der Waals surface area contributed by atoms with E-state index in [4.69, 9.17) is 10.4 Å². The van der Waals surface area contributed by atoms with Gasteiger partial charge >= 0.3 is 5.97 Å². The summed E-state index contributed by atoms with van der Waals surface area (Å²) >= 11 is 0. The Balaban J connectivity index is 3.09. The van der Waals surface area contributed by atoms with E-state index in [0.717, 1.165) is 4.31 Å². The van der Waals surface area contributed by atoms with Crippen molar-refractivity contribution < 1.29 is 18.3 Å². The Morgan fingerprint density at radius 1 is 1.40 bits per heavy atom. The molecule has 0 aliphatic carbocycles. The van der Waals surface area contributed by atoms with Crippen LogP contribution in [0.5, 0.6) is 0 Å². The summed E-state index contributed by atoms with van der Waals surface area (Å²) < 4.78 is 25.4. The van der Waals surface area contributed by atoms with Crippen molar-refractivity contribution in [2.75, 3.05) is 13.1 Å². The molecule has 1 rings (SSSR count). The second-order valence-electron chi connectivity index (χ2n) is 3.96. The lowest BCUT2D eigenvalue weighted by atomic mass is 10.2. The summed E-state index contributed by atoms with van der Waals surface area (Å²) in [7, 11) is -3.89.